The molecule has 23 heavy (non-hydrogen) atoms. The van der Waals surface area contributed by atoms with Crippen LogP contribution in [0.3, 0.4) is 0 Å². The zero-order chi connectivity index (χ0) is 16.6. The fourth-order valence-corrected chi connectivity index (χ4v) is 3.08. The lowest BCUT2D eigenvalue weighted by Gasteiger charge is -2.22. The second-order valence-corrected chi connectivity index (χ2v) is 5.83. The van der Waals surface area contributed by atoms with E-state index in [0.29, 0.717) is 30.9 Å². The Morgan fingerprint density at radius 2 is 2.26 bits per heavy atom. The number of carbonyl (C=O) groups excluding carboxylic acids is 2. The molecule has 8 nitrogen and oxygen atoms in total. The minimum absolute atomic E-state index is 0.0614. The van der Waals surface area contributed by atoms with E-state index in [1.54, 1.807) is 7.05 Å². The van der Waals surface area contributed by atoms with Crippen LogP contribution in [0, 0.1) is 13.8 Å². The highest BCUT2D eigenvalue weighted by atomic mass is 16.2. The Kier molecular flexibility index (Phi) is 3.89. The zero-order valence-electron chi connectivity index (χ0n) is 13.4. The fourth-order valence-electron chi connectivity index (χ4n) is 3.08. The van der Waals surface area contributed by atoms with E-state index in [2.05, 4.69) is 25.9 Å². The molecule has 0 aromatic carbocycles. The molecule has 0 radical (unpaired) electrons. The van der Waals surface area contributed by atoms with Gasteiger partial charge in [0.1, 0.15) is 5.69 Å². The second-order valence-electron chi connectivity index (χ2n) is 5.83. The van der Waals surface area contributed by atoms with Gasteiger partial charge in [-0.05, 0) is 26.3 Å². The summed E-state index contributed by atoms with van der Waals surface area (Å²) in [7, 11) is 1.57. The zero-order valence-corrected chi connectivity index (χ0v) is 13.4. The highest BCUT2D eigenvalue weighted by molar-refractivity contribution is 6.00. The molecule has 0 spiro atoms. The lowest BCUT2D eigenvalue weighted by atomic mass is 9.89. The molecule has 0 bridgehead atoms. The Labute approximate surface area is 133 Å². The van der Waals surface area contributed by atoms with Crippen molar-refractivity contribution in [2.75, 3.05) is 12.4 Å². The lowest BCUT2D eigenvalue weighted by Crippen LogP contribution is -2.26. The minimum Gasteiger partial charge on any atom is -0.354 e. The number of aromatic amines is 1. The van der Waals surface area contributed by atoms with Crippen molar-refractivity contribution in [3.63, 3.8) is 0 Å². The van der Waals surface area contributed by atoms with Crippen LogP contribution in [-0.2, 0) is 11.3 Å². The molecule has 1 aliphatic rings. The van der Waals surface area contributed by atoms with E-state index in [1.165, 1.54) is 0 Å². The number of amides is 2. The quantitative estimate of drug-likeness (QED) is 0.785. The average molecular weight is 316 g/mol. The summed E-state index contributed by atoms with van der Waals surface area (Å²) in [5.41, 5.74) is 3.26. The van der Waals surface area contributed by atoms with Crippen molar-refractivity contribution in [2.45, 2.75) is 39.2 Å². The van der Waals surface area contributed by atoms with Crippen LogP contribution in [0.2, 0.25) is 0 Å². The third-order valence-electron chi connectivity index (χ3n) is 4.15. The number of H-pyrrole nitrogens is 1. The molecule has 122 valence electrons. The largest absolute Gasteiger partial charge is 0.354 e. The third-order valence-corrected chi connectivity index (χ3v) is 4.15. The van der Waals surface area contributed by atoms with Crippen LogP contribution in [0.15, 0.2) is 6.07 Å². The number of rotatable bonds is 4. The van der Waals surface area contributed by atoms with Gasteiger partial charge in [-0.2, -0.15) is 10.2 Å². The molecule has 2 aromatic rings. The summed E-state index contributed by atoms with van der Waals surface area (Å²) < 4.78 is 1.93. The van der Waals surface area contributed by atoms with Crippen molar-refractivity contribution in [1.29, 1.82) is 0 Å². The van der Waals surface area contributed by atoms with Crippen molar-refractivity contribution >= 4 is 17.6 Å². The second kappa shape index (κ2) is 5.86. The van der Waals surface area contributed by atoms with Gasteiger partial charge in [-0.3, -0.25) is 19.4 Å². The number of nitrogens with zero attached hydrogens (tertiary/aromatic N) is 3. The van der Waals surface area contributed by atoms with Crippen molar-refractivity contribution in [1.82, 2.24) is 25.3 Å². The predicted molar refractivity (Wildman–Crippen MR) is 84.3 cm³/mol. The van der Waals surface area contributed by atoms with Crippen molar-refractivity contribution < 1.29 is 9.59 Å². The number of aromatic nitrogens is 4. The molecule has 2 aromatic heterocycles. The van der Waals surface area contributed by atoms with Gasteiger partial charge < -0.3 is 10.6 Å². The first-order valence-electron chi connectivity index (χ1n) is 7.60. The van der Waals surface area contributed by atoms with E-state index in [1.807, 2.05) is 24.6 Å². The normalized spacial score (nSPS) is 16.8. The van der Waals surface area contributed by atoms with Crippen LogP contribution < -0.4 is 10.6 Å². The Bertz CT molecular complexity index is 760. The first-order chi connectivity index (χ1) is 11.0. The van der Waals surface area contributed by atoms with E-state index in [-0.39, 0.29) is 17.7 Å². The number of hydrogen-bond donors (Lipinski definition) is 3. The highest BCUT2D eigenvalue weighted by Gasteiger charge is 2.32. The monoisotopic (exact) mass is 316 g/mol. The molecule has 2 amide bonds. The van der Waals surface area contributed by atoms with E-state index >= 15 is 0 Å². The van der Waals surface area contributed by atoms with Crippen molar-refractivity contribution in [2.24, 2.45) is 0 Å². The van der Waals surface area contributed by atoms with Crippen molar-refractivity contribution in [3.8, 4) is 0 Å². The van der Waals surface area contributed by atoms with E-state index in [9.17, 15) is 9.59 Å². The third kappa shape index (κ3) is 2.84. The van der Waals surface area contributed by atoms with Gasteiger partial charge in [0.2, 0.25) is 5.91 Å². The Morgan fingerprint density at radius 3 is 2.91 bits per heavy atom. The van der Waals surface area contributed by atoms with Crippen LogP contribution >= 0.6 is 0 Å². The van der Waals surface area contributed by atoms with Gasteiger partial charge in [0.15, 0.2) is 5.82 Å². The molecule has 1 aliphatic heterocycles. The number of hydrogen-bond acceptors (Lipinski definition) is 4. The van der Waals surface area contributed by atoms with Gasteiger partial charge in [0.25, 0.3) is 5.91 Å². The number of aryl methyl sites for hydroxylation is 3. The number of nitrogens with one attached hydrogen (secondary N) is 3. The number of fused-ring (bicyclic) bond motifs is 1. The Balaban J connectivity index is 1.85. The molecule has 0 saturated heterocycles. The summed E-state index contributed by atoms with van der Waals surface area (Å²) in [5, 5.41) is 16.6. The maximum Gasteiger partial charge on any atom is 0.269 e. The van der Waals surface area contributed by atoms with Gasteiger partial charge in [0.05, 0.1) is 5.69 Å². The molecule has 3 N–H and O–H groups in total. The van der Waals surface area contributed by atoms with Crippen molar-refractivity contribution in [3.05, 3.63) is 28.7 Å². The fraction of sp³-hybridized carbons (Fsp3) is 0.467. The van der Waals surface area contributed by atoms with Gasteiger partial charge in [-0.15, -0.1) is 0 Å². The molecule has 0 saturated carbocycles. The molecular weight excluding hydrogens is 296 g/mol. The number of carbonyl (C=O) groups is 2. The summed E-state index contributed by atoms with van der Waals surface area (Å²) in [5.74, 6) is 0.0868. The Morgan fingerprint density at radius 1 is 1.48 bits per heavy atom. The van der Waals surface area contributed by atoms with E-state index in [4.69, 9.17) is 0 Å². The van der Waals surface area contributed by atoms with E-state index < -0.39 is 0 Å². The van der Waals surface area contributed by atoms with Crippen LogP contribution in [0.1, 0.15) is 46.2 Å². The van der Waals surface area contributed by atoms with E-state index in [0.717, 1.165) is 17.0 Å². The first kappa shape index (κ1) is 15.3. The van der Waals surface area contributed by atoms with Crippen LogP contribution in [-0.4, -0.2) is 38.8 Å². The van der Waals surface area contributed by atoms with Gasteiger partial charge in [0, 0.05) is 37.2 Å². The van der Waals surface area contributed by atoms with Crippen LogP contribution in [0.4, 0.5) is 5.82 Å². The number of anilines is 1. The summed E-state index contributed by atoms with van der Waals surface area (Å²) in [4.78, 5) is 23.9. The van der Waals surface area contributed by atoms with Crippen LogP contribution in [0.5, 0.6) is 0 Å². The molecule has 3 heterocycles. The average Bonchev–Trinajstić information content (AvgIpc) is 3.07. The predicted octanol–water partition coefficient (Wildman–Crippen LogP) is 1.10. The summed E-state index contributed by atoms with van der Waals surface area (Å²) >= 11 is 0. The molecular formula is C15H20N6O2. The molecule has 3 rings (SSSR count). The van der Waals surface area contributed by atoms with Gasteiger partial charge in [-0.25, -0.2) is 0 Å². The first-order valence-corrected chi connectivity index (χ1v) is 7.60. The van der Waals surface area contributed by atoms with Crippen LogP contribution in [0.25, 0.3) is 0 Å². The summed E-state index contributed by atoms with van der Waals surface area (Å²) in [6.45, 7) is 4.65. The Hall–Kier alpha value is -2.64. The standard InChI is InChI=1S/C15H20N6O2/c1-8-6-9(2)21(20-8)5-4-10-7-11(22)17-14-12(10)13(18-19-14)15(23)16-3/h6,10H,4-5,7H2,1-3H3,(H,16,23)(H2,17,18,19,22)/t10-/m1/s1. The maximum atomic E-state index is 12.0. The molecule has 0 unspecified atom stereocenters. The minimum atomic E-state index is -0.231. The van der Waals surface area contributed by atoms with Gasteiger partial charge in [-0.1, -0.05) is 0 Å². The SMILES string of the molecule is CNC(=O)c1[nH]nc2c1[C@H](CCn1nc(C)cc1C)CC(=O)N2. The highest BCUT2D eigenvalue weighted by Crippen LogP contribution is 2.35. The topological polar surface area (TPSA) is 105 Å². The molecule has 8 heteroatoms. The molecule has 0 aliphatic carbocycles. The summed E-state index contributed by atoms with van der Waals surface area (Å²) in [6.07, 6.45) is 1.06. The molecule has 0 fully saturated rings. The smallest absolute Gasteiger partial charge is 0.269 e. The summed E-state index contributed by atoms with van der Waals surface area (Å²) in [6, 6.07) is 2.02. The molecule has 1 atom stereocenters. The van der Waals surface area contributed by atoms with Gasteiger partial charge >= 0.3 is 0 Å². The lowest BCUT2D eigenvalue weighted by molar-refractivity contribution is -0.116. The maximum absolute atomic E-state index is 12.0.